The average molecular weight is 262 g/mol. The number of nitrogens with zero attached hydrogens (tertiary/aromatic N) is 5. The van der Waals surface area contributed by atoms with Gasteiger partial charge in [-0.1, -0.05) is 13.8 Å². The first-order valence-corrected chi connectivity index (χ1v) is 6.62. The van der Waals surface area contributed by atoms with Gasteiger partial charge in [0.25, 0.3) is 0 Å². The van der Waals surface area contributed by atoms with Gasteiger partial charge in [-0.3, -0.25) is 4.68 Å². The van der Waals surface area contributed by atoms with Crippen LogP contribution in [0.15, 0.2) is 12.5 Å². The second-order valence-electron chi connectivity index (χ2n) is 5.23. The summed E-state index contributed by atoms with van der Waals surface area (Å²) in [4.78, 5) is 4.30. The summed E-state index contributed by atoms with van der Waals surface area (Å²) in [6.45, 7) is 8.86. The van der Waals surface area contributed by atoms with Crippen LogP contribution >= 0.6 is 0 Å². The standard InChI is InChI=1S/C13H22N6/c1-10(2)8-19-13(15-9-17-19)7-14-5-12-6-16-18(4)11(12)3/h6,9-10,14H,5,7-8H2,1-4H3. The van der Waals surface area contributed by atoms with E-state index in [-0.39, 0.29) is 0 Å². The summed E-state index contributed by atoms with van der Waals surface area (Å²) in [7, 11) is 1.96. The maximum atomic E-state index is 4.30. The highest BCUT2D eigenvalue weighted by Gasteiger charge is 2.07. The number of aryl methyl sites for hydroxylation is 1. The SMILES string of the molecule is Cc1c(CNCc2ncnn2CC(C)C)cnn1C. The van der Waals surface area contributed by atoms with E-state index in [0.717, 1.165) is 25.5 Å². The second kappa shape index (κ2) is 5.97. The molecule has 0 saturated carbocycles. The van der Waals surface area contributed by atoms with Crippen LogP contribution in [0.25, 0.3) is 0 Å². The number of nitrogens with one attached hydrogen (secondary N) is 1. The zero-order valence-electron chi connectivity index (χ0n) is 12.1. The molecule has 0 atom stereocenters. The quantitative estimate of drug-likeness (QED) is 0.851. The van der Waals surface area contributed by atoms with Crippen molar-refractivity contribution in [2.24, 2.45) is 13.0 Å². The first kappa shape index (κ1) is 13.7. The predicted molar refractivity (Wildman–Crippen MR) is 73.3 cm³/mol. The molecule has 0 aromatic carbocycles. The summed E-state index contributed by atoms with van der Waals surface area (Å²) < 4.78 is 3.85. The molecule has 0 spiro atoms. The summed E-state index contributed by atoms with van der Waals surface area (Å²) in [5.74, 6) is 1.55. The average Bonchev–Trinajstić information content (AvgIpc) is 2.90. The molecular weight excluding hydrogens is 240 g/mol. The van der Waals surface area contributed by atoms with E-state index in [1.165, 1.54) is 11.3 Å². The Morgan fingerprint density at radius 1 is 1.26 bits per heavy atom. The highest BCUT2D eigenvalue weighted by atomic mass is 15.3. The van der Waals surface area contributed by atoms with Gasteiger partial charge in [-0.15, -0.1) is 0 Å². The molecule has 0 aliphatic carbocycles. The maximum Gasteiger partial charge on any atom is 0.140 e. The molecule has 0 aliphatic rings. The lowest BCUT2D eigenvalue weighted by atomic mass is 10.2. The Kier molecular flexibility index (Phi) is 4.31. The zero-order chi connectivity index (χ0) is 13.8. The van der Waals surface area contributed by atoms with Crippen molar-refractivity contribution < 1.29 is 0 Å². The van der Waals surface area contributed by atoms with Gasteiger partial charge in [0, 0.05) is 31.4 Å². The van der Waals surface area contributed by atoms with Crippen molar-refractivity contribution in [3.8, 4) is 0 Å². The minimum atomic E-state index is 0.570. The molecule has 0 amide bonds. The Bertz CT molecular complexity index is 525. The molecular formula is C13H22N6. The van der Waals surface area contributed by atoms with Gasteiger partial charge in [0.1, 0.15) is 12.2 Å². The molecule has 0 aliphatic heterocycles. The van der Waals surface area contributed by atoms with E-state index in [9.17, 15) is 0 Å². The molecule has 19 heavy (non-hydrogen) atoms. The zero-order valence-corrected chi connectivity index (χ0v) is 12.1. The lowest BCUT2D eigenvalue weighted by Crippen LogP contribution is -2.19. The van der Waals surface area contributed by atoms with Crippen molar-refractivity contribution in [2.75, 3.05) is 0 Å². The topological polar surface area (TPSA) is 60.6 Å². The van der Waals surface area contributed by atoms with Crippen LogP contribution in [0.4, 0.5) is 0 Å². The van der Waals surface area contributed by atoms with E-state index in [0.29, 0.717) is 5.92 Å². The largest absolute Gasteiger partial charge is 0.306 e. The molecule has 2 aromatic rings. The van der Waals surface area contributed by atoms with Crippen molar-refractivity contribution in [2.45, 2.75) is 40.4 Å². The molecule has 2 heterocycles. The van der Waals surface area contributed by atoms with E-state index in [1.54, 1.807) is 6.33 Å². The van der Waals surface area contributed by atoms with E-state index in [1.807, 2.05) is 22.6 Å². The van der Waals surface area contributed by atoms with E-state index < -0.39 is 0 Å². The summed E-state index contributed by atoms with van der Waals surface area (Å²) in [6, 6.07) is 0. The molecule has 104 valence electrons. The molecule has 0 unspecified atom stereocenters. The molecule has 0 bridgehead atoms. The van der Waals surface area contributed by atoms with Crippen LogP contribution in [-0.2, 0) is 26.7 Å². The molecule has 1 N–H and O–H groups in total. The van der Waals surface area contributed by atoms with Crippen LogP contribution < -0.4 is 5.32 Å². The molecule has 2 aromatic heterocycles. The minimum absolute atomic E-state index is 0.570. The first-order valence-electron chi connectivity index (χ1n) is 6.62. The van der Waals surface area contributed by atoms with Crippen LogP contribution in [0, 0.1) is 12.8 Å². The van der Waals surface area contributed by atoms with Crippen molar-refractivity contribution in [3.05, 3.63) is 29.6 Å². The third kappa shape index (κ3) is 3.41. The summed E-state index contributed by atoms with van der Waals surface area (Å²) in [5.41, 5.74) is 2.41. The second-order valence-corrected chi connectivity index (χ2v) is 5.23. The van der Waals surface area contributed by atoms with Gasteiger partial charge in [-0.05, 0) is 12.8 Å². The smallest absolute Gasteiger partial charge is 0.140 e. The van der Waals surface area contributed by atoms with Gasteiger partial charge >= 0.3 is 0 Å². The number of aromatic nitrogens is 5. The number of rotatable bonds is 6. The van der Waals surface area contributed by atoms with Crippen LogP contribution in [0.5, 0.6) is 0 Å². The Balaban J connectivity index is 1.89. The normalized spacial score (nSPS) is 11.4. The van der Waals surface area contributed by atoms with Crippen molar-refractivity contribution >= 4 is 0 Å². The van der Waals surface area contributed by atoms with E-state index in [4.69, 9.17) is 0 Å². The highest BCUT2D eigenvalue weighted by Crippen LogP contribution is 2.06. The van der Waals surface area contributed by atoms with Crippen molar-refractivity contribution in [1.82, 2.24) is 29.9 Å². The lowest BCUT2D eigenvalue weighted by Gasteiger charge is -2.09. The van der Waals surface area contributed by atoms with Crippen LogP contribution in [0.2, 0.25) is 0 Å². The first-order chi connectivity index (χ1) is 9.08. The Morgan fingerprint density at radius 2 is 2.05 bits per heavy atom. The van der Waals surface area contributed by atoms with Crippen LogP contribution in [-0.4, -0.2) is 24.5 Å². The highest BCUT2D eigenvalue weighted by molar-refractivity contribution is 5.15. The summed E-state index contributed by atoms with van der Waals surface area (Å²) in [6.07, 6.45) is 3.52. The van der Waals surface area contributed by atoms with E-state index in [2.05, 4.69) is 41.3 Å². The van der Waals surface area contributed by atoms with Gasteiger partial charge in [-0.2, -0.15) is 10.2 Å². The van der Waals surface area contributed by atoms with Gasteiger partial charge < -0.3 is 5.32 Å². The Morgan fingerprint density at radius 3 is 2.68 bits per heavy atom. The van der Waals surface area contributed by atoms with E-state index >= 15 is 0 Å². The van der Waals surface area contributed by atoms with Gasteiger partial charge in [0.05, 0.1) is 12.7 Å². The summed E-state index contributed by atoms with van der Waals surface area (Å²) >= 11 is 0. The van der Waals surface area contributed by atoms with Gasteiger partial charge in [0.15, 0.2) is 0 Å². The van der Waals surface area contributed by atoms with Crippen LogP contribution in [0.1, 0.15) is 30.9 Å². The van der Waals surface area contributed by atoms with Gasteiger partial charge in [0.2, 0.25) is 0 Å². The fourth-order valence-corrected chi connectivity index (χ4v) is 1.95. The molecule has 6 nitrogen and oxygen atoms in total. The minimum Gasteiger partial charge on any atom is -0.306 e. The molecule has 6 heteroatoms. The monoisotopic (exact) mass is 262 g/mol. The molecule has 0 saturated heterocycles. The Labute approximate surface area is 113 Å². The maximum absolute atomic E-state index is 4.30. The third-order valence-electron chi connectivity index (χ3n) is 3.17. The molecule has 2 rings (SSSR count). The predicted octanol–water partition coefficient (Wildman–Crippen LogP) is 1.27. The fourth-order valence-electron chi connectivity index (χ4n) is 1.95. The molecule has 0 radical (unpaired) electrons. The lowest BCUT2D eigenvalue weighted by molar-refractivity contribution is 0.457. The number of hydrogen-bond donors (Lipinski definition) is 1. The number of hydrogen-bond acceptors (Lipinski definition) is 4. The Hall–Kier alpha value is -1.69. The van der Waals surface area contributed by atoms with Crippen LogP contribution in [0.3, 0.4) is 0 Å². The van der Waals surface area contributed by atoms with Crippen molar-refractivity contribution in [1.29, 1.82) is 0 Å². The van der Waals surface area contributed by atoms with Gasteiger partial charge in [-0.25, -0.2) is 9.67 Å². The third-order valence-corrected chi connectivity index (χ3v) is 3.17. The molecule has 0 fully saturated rings. The summed E-state index contributed by atoms with van der Waals surface area (Å²) in [5, 5.41) is 11.9. The van der Waals surface area contributed by atoms with Crippen molar-refractivity contribution in [3.63, 3.8) is 0 Å². The fraction of sp³-hybridized carbons (Fsp3) is 0.615.